The second-order valence-corrected chi connectivity index (χ2v) is 16.0. The minimum absolute atomic E-state index is 0.0264. The van der Waals surface area contributed by atoms with Gasteiger partial charge in [0.25, 0.3) is 0 Å². The molecule has 0 unspecified atom stereocenters. The van der Waals surface area contributed by atoms with Gasteiger partial charge in [-0.05, 0) is 32.1 Å². The van der Waals surface area contributed by atoms with Gasteiger partial charge in [0.1, 0.15) is 19.3 Å². The van der Waals surface area contributed by atoms with Crippen molar-refractivity contribution >= 4 is 59.7 Å². The number of rotatable bonds is 47. The van der Waals surface area contributed by atoms with Crippen molar-refractivity contribution in [2.75, 3.05) is 65.9 Å². The molecule has 0 saturated carbocycles. The molecule has 0 heterocycles. The average Bonchev–Trinajstić information content (AvgIpc) is 3.28. The Morgan fingerprint density at radius 3 is 1.44 bits per heavy atom. The molecule has 0 saturated heterocycles. The van der Waals surface area contributed by atoms with Crippen molar-refractivity contribution in [3.05, 3.63) is 0 Å². The number of hydrogen-bond acceptors (Lipinski definition) is 14. The van der Waals surface area contributed by atoms with Gasteiger partial charge in [-0.2, -0.15) is 0 Å². The number of ether oxygens (including phenoxy) is 4. The number of amides is 5. The molecule has 23 heteroatoms. The van der Waals surface area contributed by atoms with Crippen LogP contribution in [0.4, 0.5) is 0 Å². The van der Waals surface area contributed by atoms with E-state index >= 15 is 0 Å². The fraction of sp³-hybridized carbons (Fsp3) is 0.778. The fourth-order valence-electron chi connectivity index (χ4n) is 6.37. The van der Waals surface area contributed by atoms with Crippen LogP contribution in [-0.4, -0.2) is 163 Å². The van der Waals surface area contributed by atoms with Crippen molar-refractivity contribution < 1.29 is 87.3 Å². The molecule has 0 bridgehead atoms. The van der Waals surface area contributed by atoms with E-state index in [4.69, 9.17) is 39.4 Å². The molecule has 0 aromatic carbocycles. The molecule has 0 aliphatic carbocycles. The molecule has 389 valence electrons. The van der Waals surface area contributed by atoms with Crippen LogP contribution in [0.1, 0.15) is 148 Å². The first kappa shape index (κ1) is 62.7. The summed E-state index contributed by atoms with van der Waals surface area (Å²) in [6.45, 7) is -0.316. The van der Waals surface area contributed by atoms with E-state index in [0.717, 1.165) is 56.4 Å². The minimum atomic E-state index is -1.33. The minimum Gasteiger partial charge on any atom is -0.481 e. The van der Waals surface area contributed by atoms with Crippen molar-refractivity contribution in [2.24, 2.45) is 0 Å². The Morgan fingerprint density at radius 1 is 0.456 bits per heavy atom. The molecule has 8 N–H and O–H groups in total. The van der Waals surface area contributed by atoms with E-state index in [1.54, 1.807) is 0 Å². The second-order valence-electron chi connectivity index (χ2n) is 16.0. The molecule has 68 heavy (non-hydrogen) atoms. The van der Waals surface area contributed by atoms with Crippen LogP contribution >= 0.6 is 0 Å². The number of nitrogens with one attached hydrogen (secondary N) is 4. The maximum atomic E-state index is 12.8. The van der Waals surface area contributed by atoms with E-state index in [2.05, 4.69) is 21.4 Å². The van der Waals surface area contributed by atoms with Gasteiger partial charge in [-0.15, -0.1) is 0 Å². The topological polar surface area (TPSA) is 340 Å². The predicted octanol–water partition coefficient (Wildman–Crippen LogP) is 2.42. The molecular formula is C45H76N5O18. The zero-order valence-corrected chi connectivity index (χ0v) is 39.4. The molecule has 23 nitrogen and oxygen atoms in total. The van der Waals surface area contributed by atoms with Gasteiger partial charge in [0, 0.05) is 45.1 Å². The van der Waals surface area contributed by atoms with Gasteiger partial charge >= 0.3 is 23.9 Å². The Labute approximate surface area is 398 Å². The highest BCUT2D eigenvalue weighted by atomic mass is 16.5. The molecule has 5 amide bonds. The van der Waals surface area contributed by atoms with Crippen LogP contribution in [0.2, 0.25) is 0 Å². The highest BCUT2D eigenvalue weighted by Gasteiger charge is 2.25. The van der Waals surface area contributed by atoms with E-state index in [1.165, 1.54) is 38.4 Å². The van der Waals surface area contributed by atoms with Crippen LogP contribution in [0.5, 0.6) is 0 Å². The molecule has 0 aliphatic heterocycles. The van der Waals surface area contributed by atoms with Crippen LogP contribution in [0.15, 0.2) is 0 Å². The number of carbonyl (C=O) groups is 9. The summed E-state index contributed by atoms with van der Waals surface area (Å²) in [6.07, 6.45) is 15.2. The number of carboxylic acid groups (broad SMARTS) is 4. The van der Waals surface area contributed by atoms with E-state index in [-0.39, 0.29) is 110 Å². The predicted molar refractivity (Wildman–Crippen MR) is 242 cm³/mol. The van der Waals surface area contributed by atoms with E-state index in [0.29, 0.717) is 6.42 Å². The lowest BCUT2D eigenvalue weighted by molar-refractivity contribution is -0.143. The summed E-state index contributed by atoms with van der Waals surface area (Å²) < 4.78 is 21.4. The van der Waals surface area contributed by atoms with Crippen LogP contribution in [0.25, 0.3) is 0 Å². The number of nitrogens with zero attached hydrogens (tertiary/aromatic N) is 1. The smallest absolute Gasteiger partial charge is 0.303 e. The Balaban J connectivity index is 4.22. The van der Waals surface area contributed by atoms with Gasteiger partial charge in [0.15, 0.2) is 0 Å². The summed E-state index contributed by atoms with van der Waals surface area (Å²) >= 11 is 0. The number of carboxylic acids is 4. The zero-order chi connectivity index (χ0) is 50.6. The number of unbranched alkanes of at least 4 members (excludes halogenated alkanes) is 13. The molecule has 0 rings (SSSR count). The lowest BCUT2D eigenvalue weighted by Gasteiger charge is -2.23. The summed E-state index contributed by atoms with van der Waals surface area (Å²) in [4.78, 5) is 117. The fourth-order valence-corrected chi connectivity index (χ4v) is 6.37. The first-order valence-corrected chi connectivity index (χ1v) is 23.7. The quantitative estimate of drug-likeness (QED) is 0.0321. The normalized spacial score (nSPS) is 11.8. The van der Waals surface area contributed by atoms with Crippen molar-refractivity contribution in [1.29, 1.82) is 0 Å². The molecular weight excluding hydrogens is 899 g/mol. The average molecular weight is 975 g/mol. The van der Waals surface area contributed by atoms with Crippen LogP contribution in [0, 0.1) is 0 Å². The van der Waals surface area contributed by atoms with Crippen molar-refractivity contribution in [1.82, 2.24) is 26.4 Å². The third kappa shape index (κ3) is 41.0. The summed E-state index contributed by atoms with van der Waals surface area (Å²) in [5, 5.41) is 43.7. The first-order valence-electron chi connectivity index (χ1n) is 23.7. The maximum absolute atomic E-state index is 12.8. The molecule has 0 aliphatic rings. The Bertz CT molecular complexity index is 1480. The highest BCUT2D eigenvalue weighted by molar-refractivity contribution is 5.90. The van der Waals surface area contributed by atoms with Crippen LogP contribution in [-0.2, 0) is 66.9 Å². The van der Waals surface area contributed by atoms with Crippen molar-refractivity contribution in [2.45, 2.75) is 160 Å². The molecule has 1 radical (unpaired) electrons. The largest absolute Gasteiger partial charge is 0.481 e. The zero-order valence-electron chi connectivity index (χ0n) is 39.4. The summed E-state index contributed by atoms with van der Waals surface area (Å²) in [7, 11) is 0. The molecule has 0 aromatic rings. The van der Waals surface area contributed by atoms with E-state index < -0.39 is 79.0 Å². The highest BCUT2D eigenvalue weighted by Crippen LogP contribution is 2.14. The van der Waals surface area contributed by atoms with Gasteiger partial charge in [-0.1, -0.05) is 77.0 Å². The third-order valence-electron chi connectivity index (χ3n) is 10.0. The Hall–Kier alpha value is -5.26. The van der Waals surface area contributed by atoms with Crippen molar-refractivity contribution in [3.63, 3.8) is 0 Å². The van der Waals surface area contributed by atoms with Crippen LogP contribution < -0.4 is 21.4 Å². The van der Waals surface area contributed by atoms with E-state index in [1.807, 2.05) is 0 Å². The number of aliphatic carboxylic acids is 4. The molecule has 0 spiro atoms. The van der Waals surface area contributed by atoms with E-state index in [9.17, 15) is 47.9 Å². The molecule has 0 aromatic heterocycles. The summed E-state index contributed by atoms with van der Waals surface area (Å²) in [6, 6.07) is -2.60. The van der Waals surface area contributed by atoms with Gasteiger partial charge in [0.2, 0.25) is 35.8 Å². The van der Waals surface area contributed by atoms with Gasteiger partial charge in [-0.3, -0.25) is 58.4 Å². The lowest BCUT2D eigenvalue weighted by atomic mass is 10.0. The standard InChI is InChI=1S/C45H76N5O18/c51-32-35(20-22-43(60)61)47-45(64)36(21-23-44(62)63)48-39(54)34-68-30-28-65-26-24-46-38(53)33-67-31-29-66-27-25-50(40(55)17-15-19-42(58)59)49-37(52)16-13-11-9-7-5-3-1-2-4-6-8-10-12-14-18-41(56)57/h35-36H,1-31,33-34H2,(H,46,53)(H,47,64)(H,48,54)(H,49,52)(H,56,57)(H,58,59)(H,60,61)(H,62,63)/t35-,36-/m0/s1. The van der Waals surface area contributed by atoms with Gasteiger partial charge < -0.3 is 55.3 Å². The van der Waals surface area contributed by atoms with Crippen molar-refractivity contribution in [3.8, 4) is 0 Å². The second kappa shape index (κ2) is 43.0. The monoisotopic (exact) mass is 975 g/mol. The SMILES string of the molecule is O=[C][C@H](CCC(=O)O)NC(=O)[C@H](CCC(=O)O)NC(=O)COCCOCCNC(=O)COCCOCCN(NC(=O)CCCCCCCCCCCCCCCCC(=O)O)C(=O)CCCC(=O)O. The number of hydrazine groups is 1. The summed E-state index contributed by atoms with van der Waals surface area (Å²) in [5.41, 5.74) is 2.62. The Kier molecular flexibility index (Phi) is 39.7. The van der Waals surface area contributed by atoms with Gasteiger partial charge in [0.05, 0.1) is 52.2 Å². The molecule has 0 fully saturated rings. The lowest BCUT2D eigenvalue weighted by Crippen LogP contribution is -2.51. The van der Waals surface area contributed by atoms with Crippen LogP contribution in [0.3, 0.4) is 0 Å². The summed E-state index contributed by atoms with van der Waals surface area (Å²) in [5.74, 6) is -7.00. The Morgan fingerprint density at radius 2 is 0.912 bits per heavy atom. The number of hydrogen-bond donors (Lipinski definition) is 8. The van der Waals surface area contributed by atoms with Gasteiger partial charge in [-0.25, -0.2) is 0 Å². The molecule has 2 atom stereocenters. The number of carbonyl (C=O) groups excluding carboxylic acids is 6. The maximum Gasteiger partial charge on any atom is 0.303 e. The first-order chi connectivity index (χ1) is 32.6. The third-order valence-corrected chi connectivity index (χ3v) is 10.0.